The van der Waals surface area contributed by atoms with Gasteiger partial charge in [-0.05, 0) is 42.9 Å². The summed E-state index contributed by atoms with van der Waals surface area (Å²) in [5.74, 6) is 2.08. The molecule has 41 heavy (non-hydrogen) atoms. The van der Waals surface area contributed by atoms with Crippen LogP contribution in [0.15, 0.2) is 64.8 Å². The molecule has 3 atom stereocenters. The number of fused-ring (bicyclic) bond motifs is 2. The number of allylic oxidation sites excluding steroid dienone is 1. The topological polar surface area (TPSA) is 81.1 Å². The molecule has 10 heteroatoms. The summed E-state index contributed by atoms with van der Waals surface area (Å²) in [5.41, 5.74) is 1.45. The maximum Gasteiger partial charge on any atom is 0.225 e. The first-order valence-corrected chi connectivity index (χ1v) is 15.5. The lowest BCUT2D eigenvalue weighted by Gasteiger charge is -2.47. The van der Waals surface area contributed by atoms with Gasteiger partial charge in [-0.25, -0.2) is 19.4 Å². The van der Waals surface area contributed by atoms with Crippen LogP contribution in [-0.2, 0) is 20.6 Å². The van der Waals surface area contributed by atoms with Crippen LogP contribution in [0.1, 0.15) is 39.2 Å². The molecule has 2 bridgehead atoms. The number of anilines is 2. The van der Waals surface area contributed by atoms with Gasteiger partial charge in [-0.15, -0.1) is 11.8 Å². The average Bonchev–Trinajstić information content (AvgIpc) is 2.98. The minimum absolute atomic E-state index is 0.0274. The van der Waals surface area contributed by atoms with Crippen molar-refractivity contribution < 1.29 is 18.6 Å². The standard InChI is InChI=1S/C31H42FN5O3S/c1-7-10-21-14-34-31(35-15-21)37-16-22-18-39-19-23(17-37)28(22)40-27(20(4)8-2)29(38-5)30(33-9-3)36-26-12-11-24(41-6)13-25(26)32/h9,11-15,20,22-23,28H,3,7-8,10,16-19H2,1-2,4-6H3,(H,33,36)/b29-27-. The summed E-state index contributed by atoms with van der Waals surface area (Å²) in [6.07, 6.45) is 9.96. The van der Waals surface area contributed by atoms with Gasteiger partial charge in [-0.3, -0.25) is 0 Å². The minimum atomic E-state index is -0.376. The van der Waals surface area contributed by atoms with Gasteiger partial charge in [-0.1, -0.05) is 33.8 Å². The predicted octanol–water partition coefficient (Wildman–Crippen LogP) is 6.32. The molecule has 4 rings (SSSR count). The highest BCUT2D eigenvalue weighted by atomic mass is 32.2. The van der Waals surface area contributed by atoms with Gasteiger partial charge in [0.2, 0.25) is 5.95 Å². The van der Waals surface area contributed by atoms with E-state index >= 15 is 0 Å². The van der Waals surface area contributed by atoms with Gasteiger partial charge < -0.3 is 24.4 Å². The number of ether oxygens (including phenoxy) is 3. The molecule has 2 aliphatic heterocycles. The van der Waals surface area contributed by atoms with Crippen molar-refractivity contribution in [3.63, 3.8) is 0 Å². The van der Waals surface area contributed by atoms with Crippen molar-refractivity contribution in [3.05, 3.63) is 66.3 Å². The number of nitrogens with one attached hydrogen (secondary N) is 1. The number of methoxy groups -OCH3 is 1. The smallest absolute Gasteiger partial charge is 0.225 e. The van der Waals surface area contributed by atoms with Crippen molar-refractivity contribution in [2.24, 2.45) is 22.7 Å². The third-order valence-corrected chi connectivity index (χ3v) is 8.36. The molecule has 0 spiro atoms. The fourth-order valence-corrected chi connectivity index (χ4v) is 5.74. The van der Waals surface area contributed by atoms with Crippen LogP contribution in [0.25, 0.3) is 0 Å². The molecule has 1 N–H and O–H groups in total. The summed E-state index contributed by atoms with van der Waals surface area (Å²) in [7, 11) is 1.58. The second-order valence-corrected chi connectivity index (χ2v) is 11.4. The van der Waals surface area contributed by atoms with Crippen LogP contribution < -0.4 is 10.2 Å². The van der Waals surface area contributed by atoms with Crippen LogP contribution in [0, 0.1) is 23.6 Å². The van der Waals surface area contributed by atoms with E-state index in [9.17, 15) is 4.39 Å². The Hall–Kier alpha value is -3.11. The third kappa shape index (κ3) is 7.40. The molecule has 0 amide bonds. The molecule has 0 aliphatic carbocycles. The molecule has 3 heterocycles. The van der Waals surface area contributed by atoms with Crippen molar-refractivity contribution in [3.8, 4) is 0 Å². The number of rotatable bonds is 12. The second-order valence-electron chi connectivity index (χ2n) is 10.5. The molecule has 3 unspecified atom stereocenters. The zero-order chi connectivity index (χ0) is 29.4. The minimum Gasteiger partial charge on any atom is -0.490 e. The highest BCUT2D eigenvalue weighted by molar-refractivity contribution is 7.98. The largest absolute Gasteiger partial charge is 0.490 e. The SMILES string of the molecule is C=CN=C(Nc1ccc(SC)cc1F)/C(OC)=C(/OC1C2COCC1CN(c1ncc(CCC)cn1)C2)C(C)CC. The molecule has 0 saturated carbocycles. The van der Waals surface area contributed by atoms with Gasteiger partial charge in [0, 0.05) is 54.3 Å². The lowest BCUT2D eigenvalue weighted by molar-refractivity contribution is -0.106. The summed E-state index contributed by atoms with van der Waals surface area (Å²) in [6.45, 7) is 12.7. The molecule has 2 aromatic rings. The Bertz CT molecular complexity index is 1220. The summed E-state index contributed by atoms with van der Waals surface area (Å²) in [4.78, 5) is 16.8. The van der Waals surface area contributed by atoms with E-state index in [0.29, 0.717) is 36.3 Å². The maximum atomic E-state index is 14.9. The van der Waals surface area contributed by atoms with Gasteiger partial charge in [-0.2, -0.15) is 0 Å². The fraction of sp³-hybridized carbons (Fsp3) is 0.516. The van der Waals surface area contributed by atoms with Gasteiger partial charge in [0.05, 0.1) is 26.0 Å². The van der Waals surface area contributed by atoms with E-state index in [4.69, 9.17) is 14.2 Å². The van der Waals surface area contributed by atoms with Gasteiger partial charge >= 0.3 is 0 Å². The van der Waals surface area contributed by atoms with Crippen molar-refractivity contribution >= 4 is 29.2 Å². The lowest BCUT2D eigenvalue weighted by atomic mass is 9.84. The summed E-state index contributed by atoms with van der Waals surface area (Å²) in [5, 5.41) is 3.12. The van der Waals surface area contributed by atoms with Crippen molar-refractivity contribution in [2.75, 3.05) is 49.9 Å². The number of amidine groups is 1. The highest BCUT2D eigenvalue weighted by Gasteiger charge is 2.44. The Morgan fingerprint density at radius 2 is 1.98 bits per heavy atom. The fourth-order valence-electron chi connectivity index (χ4n) is 5.31. The number of thioether (sulfide) groups is 1. The summed E-state index contributed by atoms with van der Waals surface area (Å²) < 4.78 is 33.7. The number of aromatic nitrogens is 2. The van der Waals surface area contributed by atoms with E-state index < -0.39 is 0 Å². The van der Waals surface area contributed by atoms with E-state index in [1.165, 1.54) is 24.0 Å². The van der Waals surface area contributed by atoms with E-state index in [1.54, 1.807) is 13.2 Å². The number of piperidine rings is 1. The lowest BCUT2D eigenvalue weighted by Crippen LogP contribution is -2.57. The van der Waals surface area contributed by atoms with Crippen molar-refractivity contribution in [1.29, 1.82) is 0 Å². The third-order valence-electron chi connectivity index (χ3n) is 7.63. The first kappa shape index (κ1) is 30.8. The maximum absolute atomic E-state index is 14.9. The van der Waals surface area contributed by atoms with Crippen LogP contribution in [0.2, 0.25) is 0 Å². The Morgan fingerprint density at radius 1 is 1.27 bits per heavy atom. The number of halogens is 1. The molecule has 222 valence electrons. The number of benzene rings is 1. The van der Waals surface area contributed by atoms with E-state index in [0.717, 1.165) is 48.8 Å². The molecule has 1 aromatic carbocycles. The first-order chi connectivity index (χ1) is 19.9. The van der Waals surface area contributed by atoms with E-state index in [-0.39, 0.29) is 29.7 Å². The Labute approximate surface area is 247 Å². The molecule has 2 saturated heterocycles. The first-order valence-electron chi connectivity index (χ1n) is 14.3. The van der Waals surface area contributed by atoms with Crippen LogP contribution in [0.4, 0.5) is 16.0 Å². The molecule has 0 radical (unpaired) electrons. The van der Waals surface area contributed by atoms with Crippen LogP contribution in [0.5, 0.6) is 0 Å². The van der Waals surface area contributed by atoms with E-state index in [2.05, 4.69) is 52.5 Å². The normalized spacial score (nSPS) is 22.0. The second kappa shape index (κ2) is 14.7. The summed E-state index contributed by atoms with van der Waals surface area (Å²) in [6, 6.07) is 5.06. The monoisotopic (exact) mass is 583 g/mol. The quantitative estimate of drug-likeness (QED) is 0.135. The highest BCUT2D eigenvalue weighted by Crippen LogP contribution is 2.36. The predicted molar refractivity (Wildman–Crippen MR) is 164 cm³/mol. The van der Waals surface area contributed by atoms with Crippen LogP contribution in [-0.4, -0.2) is 61.6 Å². The zero-order valence-corrected chi connectivity index (χ0v) is 25.5. The number of hydrogen-bond donors (Lipinski definition) is 1. The number of aliphatic imine (C=N–C) groups is 1. The Morgan fingerprint density at radius 3 is 2.54 bits per heavy atom. The molecule has 2 fully saturated rings. The van der Waals surface area contributed by atoms with Gasteiger partial charge in [0.15, 0.2) is 11.6 Å². The molecule has 8 nitrogen and oxygen atoms in total. The Kier molecular flexibility index (Phi) is 11.0. The Balaban J connectivity index is 1.61. The van der Waals surface area contributed by atoms with Gasteiger partial charge in [0.1, 0.15) is 17.7 Å². The number of aryl methyl sites for hydroxylation is 1. The van der Waals surface area contributed by atoms with Crippen LogP contribution >= 0.6 is 11.8 Å². The van der Waals surface area contributed by atoms with Crippen molar-refractivity contribution in [1.82, 2.24) is 9.97 Å². The van der Waals surface area contributed by atoms with Crippen LogP contribution in [0.3, 0.4) is 0 Å². The number of nitrogens with zero attached hydrogens (tertiary/aromatic N) is 4. The zero-order valence-electron chi connectivity index (χ0n) is 24.7. The molecular formula is C31H42FN5O3S. The van der Waals surface area contributed by atoms with Gasteiger partial charge in [0.25, 0.3) is 0 Å². The average molecular weight is 584 g/mol. The summed E-state index contributed by atoms with van der Waals surface area (Å²) >= 11 is 1.48. The molecule has 2 aliphatic rings. The number of hydrogen-bond acceptors (Lipinski definition) is 8. The molecule has 1 aromatic heterocycles. The van der Waals surface area contributed by atoms with Crippen molar-refractivity contribution in [2.45, 2.75) is 51.0 Å². The molecular weight excluding hydrogens is 541 g/mol. The van der Waals surface area contributed by atoms with E-state index in [1.807, 2.05) is 24.7 Å².